The maximum absolute atomic E-state index is 11.8. The van der Waals surface area contributed by atoms with Gasteiger partial charge >= 0.3 is 0 Å². The van der Waals surface area contributed by atoms with Gasteiger partial charge in [0.05, 0.1) is 5.56 Å². The Bertz CT molecular complexity index is 359. The van der Waals surface area contributed by atoms with Crippen LogP contribution in [0.15, 0.2) is 18.5 Å². The van der Waals surface area contributed by atoms with Gasteiger partial charge in [0, 0.05) is 25.0 Å². The minimum atomic E-state index is -0.0279. The Morgan fingerprint density at radius 3 is 3.13 bits per heavy atom. The van der Waals surface area contributed by atoms with Crippen molar-refractivity contribution in [2.75, 3.05) is 13.1 Å². The molecular formula is C11H15N3O. The Balaban J connectivity index is 2.01. The number of hydrogen-bond acceptors (Lipinski definition) is 3. The number of carbonyl (C=O) groups excluding carboxylic acids is 1. The highest BCUT2D eigenvalue weighted by Gasteiger charge is 2.17. The average Bonchev–Trinajstić information content (AvgIpc) is 2.70. The van der Waals surface area contributed by atoms with Crippen LogP contribution in [0, 0.1) is 6.92 Å². The van der Waals surface area contributed by atoms with Crippen LogP contribution in [0.3, 0.4) is 0 Å². The molecule has 0 saturated carbocycles. The molecule has 0 aliphatic carbocycles. The first kappa shape index (κ1) is 10.1. The zero-order valence-electron chi connectivity index (χ0n) is 8.79. The van der Waals surface area contributed by atoms with E-state index in [9.17, 15) is 4.79 Å². The van der Waals surface area contributed by atoms with Crippen LogP contribution in [0.25, 0.3) is 0 Å². The van der Waals surface area contributed by atoms with Gasteiger partial charge in [-0.3, -0.25) is 9.78 Å². The molecule has 1 amide bonds. The lowest BCUT2D eigenvalue weighted by molar-refractivity contribution is 0.0939. The first-order valence-corrected chi connectivity index (χ1v) is 5.19. The average molecular weight is 205 g/mol. The predicted molar refractivity (Wildman–Crippen MR) is 57.7 cm³/mol. The van der Waals surface area contributed by atoms with Gasteiger partial charge < -0.3 is 10.6 Å². The molecule has 1 aliphatic rings. The molecule has 2 heterocycles. The van der Waals surface area contributed by atoms with Gasteiger partial charge in [0.15, 0.2) is 0 Å². The molecule has 1 aliphatic heterocycles. The van der Waals surface area contributed by atoms with Crippen molar-refractivity contribution >= 4 is 5.91 Å². The van der Waals surface area contributed by atoms with Gasteiger partial charge in [-0.1, -0.05) is 0 Å². The molecule has 80 valence electrons. The Hall–Kier alpha value is -1.42. The predicted octanol–water partition coefficient (Wildman–Crippen LogP) is 0.482. The third-order valence-corrected chi connectivity index (χ3v) is 2.53. The largest absolute Gasteiger partial charge is 0.348 e. The van der Waals surface area contributed by atoms with Crippen molar-refractivity contribution in [2.24, 2.45) is 0 Å². The lowest BCUT2D eigenvalue weighted by atomic mass is 10.2. The van der Waals surface area contributed by atoms with Crippen molar-refractivity contribution in [2.45, 2.75) is 19.4 Å². The third kappa shape index (κ3) is 2.53. The van der Waals surface area contributed by atoms with Gasteiger partial charge in [-0.05, 0) is 31.5 Å². The fraction of sp³-hybridized carbons (Fsp3) is 0.455. The summed E-state index contributed by atoms with van der Waals surface area (Å²) in [6.45, 7) is 3.78. The van der Waals surface area contributed by atoms with Crippen LogP contribution >= 0.6 is 0 Å². The Morgan fingerprint density at radius 2 is 2.47 bits per heavy atom. The molecule has 0 aromatic carbocycles. The number of aryl methyl sites for hydroxylation is 1. The summed E-state index contributed by atoms with van der Waals surface area (Å²) in [7, 11) is 0. The summed E-state index contributed by atoms with van der Waals surface area (Å²) in [5, 5.41) is 6.19. The van der Waals surface area contributed by atoms with Crippen LogP contribution in [0.1, 0.15) is 22.3 Å². The highest BCUT2D eigenvalue weighted by molar-refractivity contribution is 5.94. The number of nitrogens with zero attached hydrogens (tertiary/aromatic N) is 1. The molecule has 1 aromatic heterocycles. The fourth-order valence-corrected chi connectivity index (χ4v) is 1.73. The van der Waals surface area contributed by atoms with Crippen LogP contribution in [0.5, 0.6) is 0 Å². The second-order valence-electron chi connectivity index (χ2n) is 3.91. The number of carbonyl (C=O) groups is 1. The van der Waals surface area contributed by atoms with E-state index in [1.54, 1.807) is 12.4 Å². The zero-order chi connectivity index (χ0) is 10.7. The molecule has 0 unspecified atom stereocenters. The normalized spacial score (nSPS) is 20.2. The smallest absolute Gasteiger partial charge is 0.253 e. The molecule has 0 spiro atoms. The molecule has 0 radical (unpaired) electrons. The molecule has 0 bridgehead atoms. The quantitative estimate of drug-likeness (QED) is 0.738. The molecule has 4 heteroatoms. The number of aromatic nitrogens is 1. The van der Waals surface area contributed by atoms with Crippen molar-refractivity contribution in [3.05, 3.63) is 29.6 Å². The summed E-state index contributed by atoms with van der Waals surface area (Å²) >= 11 is 0. The first-order chi connectivity index (χ1) is 7.25. The Kier molecular flexibility index (Phi) is 2.97. The van der Waals surface area contributed by atoms with Crippen molar-refractivity contribution < 1.29 is 4.79 Å². The lowest BCUT2D eigenvalue weighted by Gasteiger charge is -2.11. The van der Waals surface area contributed by atoms with Gasteiger partial charge in [-0.15, -0.1) is 0 Å². The van der Waals surface area contributed by atoms with E-state index >= 15 is 0 Å². The van der Waals surface area contributed by atoms with Gasteiger partial charge in [-0.2, -0.15) is 0 Å². The van der Waals surface area contributed by atoms with Gasteiger partial charge in [-0.25, -0.2) is 0 Å². The standard InChI is InChI=1S/C11H15N3O/c1-8-4-9(6-13-5-8)11(15)14-10-2-3-12-7-10/h4-6,10,12H,2-3,7H2,1H3,(H,14,15)/t10-/m1/s1. The van der Waals surface area contributed by atoms with E-state index in [1.165, 1.54) is 0 Å². The molecule has 15 heavy (non-hydrogen) atoms. The fourth-order valence-electron chi connectivity index (χ4n) is 1.73. The van der Waals surface area contributed by atoms with E-state index in [0.29, 0.717) is 5.56 Å². The minimum absolute atomic E-state index is 0.0279. The molecule has 2 rings (SSSR count). The monoisotopic (exact) mass is 205 g/mol. The highest BCUT2D eigenvalue weighted by atomic mass is 16.1. The third-order valence-electron chi connectivity index (χ3n) is 2.53. The Morgan fingerprint density at radius 1 is 1.60 bits per heavy atom. The van der Waals surface area contributed by atoms with E-state index < -0.39 is 0 Å². The van der Waals surface area contributed by atoms with Crippen LogP contribution in [-0.4, -0.2) is 30.0 Å². The van der Waals surface area contributed by atoms with E-state index in [2.05, 4.69) is 15.6 Å². The maximum Gasteiger partial charge on any atom is 0.253 e. The lowest BCUT2D eigenvalue weighted by Crippen LogP contribution is -2.36. The summed E-state index contributed by atoms with van der Waals surface area (Å²) in [4.78, 5) is 15.8. The van der Waals surface area contributed by atoms with Crippen LogP contribution < -0.4 is 10.6 Å². The van der Waals surface area contributed by atoms with E-state index in [0.717, 1.165) is 25.1 Å². The summed E-state index contributed by atoms with van der Waals surface area (Å²) < 4.78 is 0. The molecule has 1 fully saturated rings. The minimum Gasteiger partial charge on any atom is -0.348 e. The number of hydrogen-bond donors (Lipinski definition) is 2. The maximum atomic E-state index is 11.8. The number of amides is 1. The highest BCUT2D eigenvalue weighted by Crippen LogP contribution is 2.03. The summed E-state index contributed by atoms with van der Waals surface area (Å²) in [6.07, 6.45) is 4.35. The number of pyridine rings is 1. The molecule has 1 atom stereocenters. The summed E-state index contributed by atoms with van der Waals surface area (Å²) in [6, 6.07) is 2.11. The van der Waals surface area contributed by atoms with Crippen LogP contribution in [0.4, 0.5) is 0 Å². The zero-order valence-corrected chi connectivity index (χ0v) is 8.79. The molecule has 1 saturated heterocycles. The van der Waals surface area contributed by atoms with Crippen molar-refractivity contribution in [3.63, 3.8) is 0 Å². The van der Waals surface area contributed by atoms with Gasteiger partial charge in [0.2, 0.25) is 0 Å². The SMILES string of the molecule is Cc1cncc(C(=O)N[C@@H]2CCNC2)c1. The molecule has 1 aromatic rings. The number of nitrogens with one attached hydrogen (secondary N) is 2. The summed E-state index contributed by atoms with van der Waals surface area (Å²) in [5.74, 6) is -0.0279. The first-order valence-electron chi connectivity index (χ1n) is 5.19. The second kappa shape index (κ2) is 4.40. The summed E-state index contributed by atoms with van der Waals surface area (Å²) in [5.41, 5.74) is 1.65. The van der Waals surface area contributed by atoms with E-state index in [4.69, 9.17) is 0 Å². The Labute approximate surface area is 89.1 Å². The topological polar surface area (TPSA) is 54.0 Å². The second-order valence-corrected chi connectivity index (χ2v) is 3.91. The number of rotatable bonds is 2. The van der Waals surface area contributed by atoms with Crippen molar-refractivity contribution in [1.29, 1.82) is 0 Å². The van der Waals surface area contributed by atoms with Crippen LogP contribution in [-0.2, 0) is 0 Å². The van der Waals surface area contributed by atoms with E-state index in [-0.39, 0.29) is 11.9 Å². The molecular weight excluding hydrogens is 190 g/mol. The van der Waals surface area contributed by atoms with Crippen LogP contribution in [0.2, 0.25) is 0 Å². The molecule has 4 nitrogen and oxygen atoms in total. The van der Waals surface area contributed by atoms with Crippen molar-refractivity contribution in [3.8, 4) is 0 Å². The van der Waals surface area contributed by atoms with Gasteiger partial charge in [0.25, 0.3) is 5.91 Å². The van der Waals surface area contributed by atoms with Crippen molar-refractivity contribution in [1.82, 2.24) is 15.6 Å². The van der Waals surface area contributed by atoms with E-state index in [1.807, 2.05) is 13.0 Å². The van der Waals surface area contributed by atoms with Gasteiger partial charge in [0.1, 0.15) is 0 Å². The molecule has 2 N–H and O–H groups in total.